The van der Waals surface area contributed by atoms with Crippen molar-refractivity contribution in [2.45, 2.75) is 6.42 Å². The van der Waals surface area contributed by atoms with Crippen molar-refractivity contribution in [3.8, 4) is 0 Å². The Balaban J connectivity index is 0.000000165. The number of imide groups is 2. The van der Waals surface area contributed by atoms with Gasteiger partial charge in [0, 0.05) is 0 Å². The monoisotopic (exact) mass is 277 g/mol. The van der Waals surface area contributed by atoms with E-state index in [2.05, 4.69) is 5.32 Å². The molecule has 2 rings (SSSR count). The lowest BCUT2D eigenvalue weighted by molar-refractivity contribution is -0.129. The summed E-state index contributed by atoms with van der Waals surface area (Å²) in [6.07, 6.45) is -0.258. The molecule has 0 aromatic rings. The van der Waals surface area contributed by atoms with Crippen LogP contribution in [0.1, 0.15) is 6.42 Å². The minimum atomic E-state index is -0.740. The molecule has 0 aromatic carbocycles. The summed E-state index contributed by atoms with van der Waals surface area (Å²) in [7, 11) is 0. The van der Waals surface area contributed by atoms with Crippen molar-refractivity contribution in [3.63, 3.8) is 0 Å². The molecule has 2 aliphatic rings. The Morgan fingerprint density at radius 2 is 1.56 bits per heavy atom. The molecule has 2 heterocycles. The molecule has 0 bridgehead atoms. The maximum absolute atomic E-state index is 10.3. The van der Waals surface area contributed by atoms with Crippen LogP contribution >= 0.6 is 36.2 Å². The molecule has 6 nitrogen and oxygen atoms in total. The van der Waals surface area contributed by atoms with Crippen LogP contribution in [0.3, 0.4) is 0 Å². The largest absolute Gasteiger partial charge is 0.335 e. The average molecular weight is 277 g/mol. The minimum absolute atomic E-state index is 0.258. The van der Waals surface area contributed by atoms with E-state index in [1.54, 1.807) is 11.8 Å². The summed E-state index contributed by atoms with van der Waals surface area (Å²) in [5.74, 6) is -0.235. The number of carbonyl (C=O) groups is 3. The number of thiocarbonyl (C=S) groups is 2. The van der Waals surface area contributed by atoms with Gasteiger partial charge in [-0.05, 0) is 0 Å². The van der Waals surface area contributed by atoms with Crippen LogP contribution in [0.5, 0.6) is 0 Å². The third-order valence-electron chi connectivity index (χ3n) is 1.40. The first kappa shape index (κ1) is 13.0. The van der Waals surface area contributed by atoms with Gasteiger partial charge in [0.25, 0.3) is 0 Å². The van der Waals surface area contributed by atoms with E-state index in [1.807, 2.05) is 10.6 Å². The molecule has 4 amide bonds. The predicted octanol–water partition coefficient (Wildman–Crippen LogP) is -0.322. The van der Waals surface area contributed by atoms with Crippen LogP contribution in [0.2, 0.25) is 0 Å². The molecule has 86 valence electrons. The minimum Gasteiger partial charge on any atom is -0.335 e. The van der Waals surface area contributed by atoms with Gasteiger partial charge in [0.2, 0.25) is 11.8 Å². The van der Waals surface area contributed by atoms with E-state index >= 15 is 0 Å². The molecule has 0 saturated carbocycles. The molecule has 9 heteroatoms. The fourth-order valence-corrected chi connectivity index (χ4v) is 2.07. The van der Waals surface area contributed by atoms with Gasteiger partial charge in [-0.15, -0.1) is 0 Å². The summed E-state index contributed by atoms with van der Waals surface area (Å²) < 4.78 is 0.810. The van der Waals surface area contributed by atoms with E-state index in [-0.39, 0.29) is 6.42 Å². The highest BCUT2D eigenvalue weighted by Gasteiger charge is 2.20. The molecule has 2 saturated heterocycles. The fraction of sp³-hybridized carbons (Fsp3) is 0.286. The second kappa shape index (κ2) is 5.87. The normalized spacial score (nSPS) is 19.4. The summed E-state index contributed by atoms with van der Waals surface area (Å²) >= 11 is 11.1. The van der Waals surface area contributed by atoms with E-state index < -0.39 is 17.8 Å². The molecular weight excluding hydrogens is 270 g/mol. The molecule has 16 heavy (non-hydrogen) atoms. The number of amides is 4. The van der Waals surface area contributed by atoms with Gasteiger partial charge in [0.05, 0.1) is 10.7 Å². The second-order valence-corrected chi connectivity index (χ2v) is 4.87. The van der Waals surface area contributed by atoms with Gasteiger partial charge in [0.1, 0.15) is 10.7 Å². The van der Waals surface area contributed by atoms with Crippen LogP contribution in [0.4, 0.5) is 4.79 Å². The zero-order valence-corrected chi connectivity index (χ0v) is 10.3. The predicted molar refractivity (Wildman–Crippen MR) is 67.1 cm³/mol. The Bertz CT molecular complexity index is 323. The Labute approximate surface area is 106 Å². The SMILES string of the molecule is O=C1CC(=O)NC(=O)N1.S=C1CSC(=S)N1. The number of rotatable bonds is 0. The van der Waals surface area contributed by atoms with Crippen molar-refractivity contribution in [1.82, 2.24) is 16.0 Å². The van der Waals surface area contributed by atoms with E-state index in [0.717, 1.165) is 15.1 Å². The highest BCUT2D eigenvalue weighted by molar-refractivity contribution is 8.24. The molecule has 0 unspecified atom stereocenters. The van der Waals surface area contributed by atoms with Crippen LogP contribution in [0.25, 0.3) is 0 Å². The highest BCUT2D eigenvalue weighted by atomic mass is 32.2. The van der Waals surface area contributed by atoms with Crippen molar-refractivity contribution in [3.05, 3.63) is 0 Å². The van der Waals surface area contributed by atoms with Gasteiger partial charge >= 0.3 is 6.03 Å². The summed E-state index contributed by atoms with van der Waals surface area (Å²) in [4.78, 5) is 31.7. The van der Waals surface area contributed by atoms with E-state index in [9.17, 15) is 14.4 Å². The van der Waals surface area contributed by atoms with Crippen molar-refractivity contribution < 1.29 is 14.4 Å². The Kier molecular flexibility index (Phi) is 4.77. The summed E-state index contributed by atoms with van der Waals surface area (Å²) in [5.41, 5.74) is 0. The zero-order valence-electron chi connectivity index (χ0n) is 7.86. The number of carbonyl (C=O) groups excluding carboxylic acids is 3. The fourth-order valence-electron chi connectivity index (χ4n) is 0.836. The third-order valence-corrected chi connectivity index (χ3v) is 3.08. The molecule has 3 N–H and O–H groups in total. The molecule has 0 atom stereocenters. The first-order chi connectivity index (χ1) is 7.47. The van der Waals surface area contributed by atoms with Crippen LogP contribution in [-0.2, 0) is 9.59 Å². The van der Waals surface area contributed by atoms with Crippen molar-refractivity contribution in [1.29, 1.82) is 0 Å². The lowest BCUT2D eigenvalue weighted by Gasteiger charge is -2.09. The van der Waals surface area contributed by atoms with Gasteiger partial charge < -0.3 is 5.32 Å². The topological polar surface area (TPSA) is 87.3 Å². The van der Waals surface area contributed by atoms with Gasteiger partial charge in [-0.2, -0.15) is 0 Å². The van der Waals surface area contributed by atoms with Gasteiger partial charge in [-0.25, -0.2) is 4.79 Å². The molecule has 0 spiro atoms. The van der Waals surface area contributed by atoms with Gasteiger partial charge in [-0.1, -0.05) is 36.2 Å². The van der Waals surface area contributed by atoms with E-state index in [0.29, 0.717) is 0 Å². The molecular formula is C7H7N3O3S3. The van der Waals surface area contributed by atoms with Crippen molar-refractivity contribution >= 4 is 63.4 Å². The number of barbiturate groups is 1. The molecule has 0 aromatic heterocycles. The lowest BCUT2D eigenvalue weighted by Crippen LogP contribution is -2.49. The quantitative estimate of drug-likeness (QED) is 0.413. The van der Waals surface area contributed by atoms with Gasteiger partial charge in [-0.3, -0.25) is 20.2 Å². The number of nitrogens with one attached hydrogen (secondary N) is 3. The molecule has 0 aliphatic carbocycles. The Morgan fingerprint density at radius 1 is 1.00 bits per heavy atom. The summed E-state index contributed by atoms with van der Waals surface area (Å²) in [6.45, 7) is 0. The summed E-state index contributed by atoms with van der Waals surface area (Å²) in [5, 5.41) is 6.64. The van der Waals surface area contributed by atoms with Crippen molar-refractivity contribution in [2.75, 3.05) is 5.75 Å². The molecule has 2 fully saturated rings. The zero-order chi connectivity index (χ0) is 12.1. The number of hydrogen-bond donors (Lipinski definition) is 3. The standard InChI is InChI=1S/C4H4N2O3.C3H3NS3/c7-2-1-3(8)6-4(9)5-2;5-2-1-7-3(6)4-2/h1H2,(H2,5,6,7,8,9);1H2,(H,4,5,6). The van der Waals surface area contributed by atoms with Gasteiger partial charge in [0.15, 0.2) is 0 Å². The molecule has 2 aliphatic heterocycles. The highest BCUT2D eigenvalue weighted by Crippen LogP contribution is 2.08. The van der Waals surface area contributed by atoms with E-state index in [4.69, 9.17) is 24.4 Å². The number of urea groups is 1. The van der Waals surface area contributed by atoms with E-state index in [1.165, 1.54) is 0 Å². The first-order valence-electron chi connectivity index (χ1n) is 4.07. The second-order valence-electron chi connectivity index (χ2n) is 2.73. The smallest absolute Gasteiger partial charge is 0.328 e. The van der Waals surface area contributed by atoms with Crippen LogP contribution < -0.4 is 16.0 Å². The van der Waals surface area contributed by atoms with Crippen LogP contribution in [0.15, 0.2) is 0 Å². The van der Waals surface area contributed by atoms with Crippen LogP contribution in [0, 0.1) is 0 Å². The Morgan fingerprint density at radius 3 is 1.81 bits per heavy atom. The number of hydrogen-bond acceptors (Lipinski definition) is 6. The third kappa shape index (κ3) is 4.64. The van der Waals surface area contributed by atoms with Crippen LogP contribution in [-0.4, -0.2) is 32.9 Å². The van der Waals surface area contributed by atoms with Crippen molar-refractivity contribution in [2.24, 2.45) is 0 Å². The average Bonchev–Trinajstić information content (AvgIpc) is 2.48. The molecule has 0 radical (unpaired) electrons. The summed E-state index contributed by atoms with van der Waals surface area (Å²) in [6, 6.07) is -0.740. The first-order valence-corrected chi connectivity index (χ1v) is 5.88. The number of thioether (sulfide) groups is 1. The lowest BCUT2D eigenvalue weighted by atomic mass is 10.3. The maximum Gasteiger partial charge on any atom is 0.328 e. The maximum atomic E-state index is 10.3. The Hall–Kier alpha value is -1.06.